The van der Waals surface area contributed by atoms with Gasteiger partial charge in [-0.25, -0.2) is 0 Å². The van der Waals surface area contributed by atoms with Crippen LogP contribution in [-0.2, 0) is 0 Å². The van der Waals surface area contributed by atoms with Gasteiger partial charge in [-0.3, -0.25) is 0 Å². The minimum Gasteiger partial charge on any atom is -0.103 e. The highest BCUT2D eigenvalue weighted by Crippen LogP contribution is 2.48. The number of allylic oxidation sites excluding steroid dienone is 1. The van der Waals surface area contributed by atoms with Gasteiger partial charge in [0.05, 0.1) is 0 Å². The third kappa shape index (κ3) is 2.77. The smallest absolute Gasteiger partial charge is 0.0236 e. The van der Waals surface area contributed by atoms with Crippen molar-refractivity contribution in [2.45, 2.75) is 64.2 Å². The van der Waals surface area contributed by atoms with E-state index in [9.17, 15) is 0 Å². The molecule has 0 saturated heterocycles. The molecule has 3 saturated carbocycles. The molecule has 0 nitrogen and oxygen atoms in total. The molecule has 0 bridgehead atoms. The summed E-state index contributed by atoms with van der Waals surface area (Å²) in [5.74, 6) is 5.30. The van der Waals surface area contributed by atoms with E-state index in [0.29, 0.717) is 0 Å². The van der Waals surface area contributed by atoms with Crippen LogP contribution in [-0.4, -0.2) is 0 Å². The second-order valence-corrected chi connectivity index (χ2v) is 6.92. The van der Waals surface area contributed by atoms with E-state index in [1.54, 1.807) is 38.5 Å². The van der Waals surface area contributed by atoms with E-state index in [-0.39, 0.29) is 0 Å². The molecule has 0 aliphatic heterocycles. The first-order chi connectivity index (χ1) is 8.36. The summed E-state index contributed by atoms with van der Waals surface area (Å²) < 4.78 is 0. The number of hydrogen-bond acceptors (Lipinski definition) is 0. The Morgan fingerprint density at radius 2 is 0.824 bits per heavy atom. The summed E-state index contributed by atoms with van der Waals surface area (Å²) in [6.45, 7) is 3.96. The average Bonchev–Trinajstić information content (AvgIpc) is 3.24. The zero-order valence-corrected chi connectivity index (χ0v) is 11.2. The van der Waals surface area contributed by atoms with Crippen LogP contribution in [0, 0.1) is 29.6 Å². The average molecular weight is 232 g/mol. The molecule has 0 N–H and O–H groups in total. The van der Waals surface area contributed by atoms with Crippen molar-refractivity contribution >= 4 is 0 Å². The predicted octanol–water partition coefficient (Wildman–Crippen LogP) is 5.20. The predicted molar refractivity (Wildman–Crippen MR) is 73.8 cm³/mol. The lowest BCUT2D eigenvalue weighted by atomic mass is 9.68. The molecule has 96 valence electrons. The number of rotatable bonds is 3. The van der Waals surface area contributed by atoms with E-state index >= 15 is 0 Å². The van der Waals surface area contributed by atoms with E-state index in [2.05, 4.69) is 12.7 Å². The van der Waals surface area contributed by atoms with Crippen molar-refractivity contribution in [2.24, 2.45) is 29.6 Å². The molecule has 0 atom stereocenters. The summed E-state index contributed by atoms with van der Waals surface area (Å²) in [4.78, 5) is 0. The Bertz CT molecular complexity index is 247. The van der Waals surface area contributed by atoms with Crippen LogP contribution in [0.25, 0.3) is 0 Å². The molecule has 3 fully saturated rings. The van der Waals surface area contributed by atoms with Gasteiger partial charge in [0.15, 0.2) is 0 Å². The highest BCUT2D eigenvalue weighted by Gasteiger charge is 2.36. The van der Waals surface area contributed by atoms with Crippen LogP contribution in [0.1, 0.15) is 64.2 Å². The fourth-order valence-corrected chi connectivity index (χ4v) is 4.51. The van der Waals surface area contributed by atoms with Gasteiger partial charge in [0.2, 0.25) is 0 Å². The molecular weight excluding hydrogens is 204 g/mol. The van der Waals surface area contributed by atoms with E-state index < -0.39 is 0 Å². The summed E-state index contributed by atoms with van der Waals surface area (Å²) in [5.41, 5.74) is 0. The molecule has 17 heavy (non-hydrogen) atoms. The molecule has 0 amide bonds. The SMILES string of the molecule is C=CC1CCC(C2CCC(C3CC3)CC2)CC1. The molecule has 0 spiro atoms. The minimum atomic E-state index is 0.842. The van der Waals surface area contributed by atoms with Crippen molar-refractivity contribution in [3.05, 3.63) is 12.7 Å². The van der Waals surface area contributed by atoms with E-state index in [1.165, 1.54) is 25.7 Å². The lowest BCUT2D eigenvalue weighted by Crippen LogP contribution is -2.25. The van der Waals surface area contributed by atoms with Gasteiger partial charge in [-0.1, -0.05) is 6.08 Å². The van der Waals surface area contributed by atoms with Gasteiger partial charge in [-0.2, -0.15) is 0 Å². The summed E-state index contributed by atoms with van der Waals surface area (Å²) >= 11 is 0. The van der Waals surface area contributed by atoms with Crippen LogP contribution < -0.4 is 0 Å². The lowest BCUT2D eigenvalue weighted by Gasteiger charge is -2.37. The second kappa shape index (κ2) is 5.16. The Kier molecular flexibility index (Phi) is 3.59. The van der Waals surface area contributed by atoms with Crippen molar-refractivity contribution < 1.29 is 0 Å². The van der Waals surface area contributed by atoms with Crippen LogP contribution in [0.3, 0.4) is 0 Å². The topological polar surface area (TPSA) is 0 Å². The largest absolute Gasteiger partial charge is 0.103 e. The van der Waals surface area contributed by atoms with Crippen LogP contribution in [0.15, 0.2) is 12.7 Å². The van der Waals surface area contributed by atoms with Crippen LogP contribution >= 0.6 is 0 Å². The molecule has 0 heterocycles. The third-order valence-corrected chi connectivity index (χ3v) is 5.92. The molecule has 3 aliphatic rings. The van der Waals surface area contributed by atoms with Gasteiger partial charge in [0.25, 0.3) is 0 Å². The van der Waals surface area contributed by atoms with Gasteiger partial charge in [-0.05, 0) is 93.8 Å². The lowest BCUT2D eigenvalue weighted by molar-refractivity contribution is 0.148. The molecular formula is C17H28. The van der Waals surface area contributed by atoms with Crippen LogP contribution in [0.2, 0.25) is 0 Å². The monoisotopic (exact) mass is 232 g/mol. The molecule has 0 heteroatoms. The minimum absolute atomic E-state index is 0.842. The Hall–Kier alpha value is -0.260. The van der Waals surface area contributed by atoms with Gasteiger partial charge >= 0.3 is 0 Å². The fourth-order valence-electron chi connectivity index (χ4n) is 4.51. The van der Waals surface area contributed by atoms with Gasteiger partial charge in [0, 0.05) is 0 Å². The zero-order chi connectivity index (χ0) is 11.7. The summed E-state index contributed by atoms with van der Waals surface area (Å²) in [5, 5.41) is 0. The summed E-state index contributed by atoms with van der Waals surface area (Å²) in [7, 11) is 0. The Labute approximate surface area is 107 Å². The molecule has 0 unspecified atom stereocenters. The van der Waals surface area contributed by atoms with Crippen molar-refractivity contribution in [3.8, 4) is 0 Å². The fraction of sp³-hybridized carbons (Fsp3) is 0.882. The molecule has 3 rings (SSSR count). The van der Waals surface area contributed by atoms with Crippen LogP contribution in [0.5, 0.6) is 0 Å². The van der Waals surface area contributed by atoms with Crippen molar-refractivity contribution in [3.63, 3.8) is 0 Å². The highest BCUT2D eigenvalue weighted by atomic mass is 14.4. The molecule has 0 aromatic heterocycles. The van der Waals surface area contributed by atoms with Crippen LogP contribution in [0.4, 0.5) is 0 Å². The van der Waals surface area contributed by atoms with E-state index in [4.69, 9.17) is 0 Å². The van der Waals surface area contributed by atoms with Crippen molar-refractivity contribution in [1.82, 2.24) is 0 Å². The second-order valence-electron chi connectivity index (χ2n) is 6.92. The first kappa shape index (κ1) is 11.8. The molecule has 0 aromatic rings. The maximum Gasteiger partial charge on any atom is -0.0236 e. The number of hydrogen-bond donors (Lipinski definition) is 0. The molecule has 0 aromatic carbocycles. The van der Waals surface area contributed by atoms with Gasteiger partial charge in [-0.15, -0.1) is 6.58 Å². The van der Waals surface area contributed by atoms with E-state index in [0.717, 1.165) is 29.6 Å². The Morgan fingerprint density at radius 3 is 1.12 bits per heavy atom. The first-order valence-corrected chi connectivity index (χ1v) is 7.99. The molecule has 3 aliphatic carbocycles. The Morgan fingerprint density at radius 1 is 0.529 bits per heavy atom. The molecule has 0 radical (unpaired) electrons. The zero-order valence-electron chi connectivity index (χ0n) is 11.2. The van der Waals surface area contributed by atoms with Gasteiger partial charge < -0.3 is 0 Å². The highest BCUT2D eigenvalue weighted by molar-refractivity contribution is 4.90. The quantitative estimate of drug-likeness (QED) is 0.587. The first-order valence-electron chi connectivity index (χ1n) is 7.99. The Balaban J connectivity index is 1.45. The normalized spacial score (nSPS) is 43.3. The summed E-state index contributed by atoms with van der Waals surface area (Å²) in [6, 6.07) is 0. The van der Waals surface area contributed by atoms with E-state index in [1.807, 2.05) is 0 Å². The standard InChI is InChI=1S/C17H28/c1-2-13-3-5-14(6-4-13)15-7-9-16(10-8-15)17-11-12-17/h2,13-17H,1,3-12H2. The maximum absolute atomic E-state index is 3.96. The van der Waals surface area contributed by atoms with Crippen molar-refractivity contribution in [1.29, 1.82) is 0 Å². The van der Waals surface area contributed by atoms with Gasteiger partial charge in [0.1, 0.15) is 0 Å². The summed E-state index contributed by atoms with van der Waals surface area (Å²) in [6.07, 6.45) is 17.4. The van der Waals surface area contributed by atoms with Crippen molar-refractivity contribution in [2.75, 3.05) is 0 Å². The third-order valence-electron chi connectivity index (χ3n) is 5.92. The maximum atomic E-state index is 3.96.